The molecule has 1 saturated carbocycles. The van der Waals surface area contributed by atoms with E-state index in [4.69, 9.17) is 5.11 Å². The summed E-state index contributed by atoms with van der Waals surface area (Å²) in [6, 6.07) is 0. The zero-order valence-corrected chi connectivity index (χ0v) is 9.21. The maximum Gasteiger partial charge on any atom is 0.0612 e. The number of allylic oxidation sites excluding steroid dienone is 1. The van der Waals surface area contributed by atoms with Crippen molar-refractivity contribution in [1.29, 1.82) is 0 Å². The first kappa shape index (κ1) is 11.7. The molecule has 0 heterocycles. The van der Waals surface area contributed by atoms with Crippen LogP contribution in [0.2, 0.25) is 0 Å². The molecule has 2 N–H and O–H groups in total. The predicted octanol–water partition coefficient (Wildman–Crippen LogP) is 1.95. The first-order chi connectivity index (χ1) is 6.86. The molecule has 1 aliphatic rings. The van der Waals surface area contributed by atoms with Crippen molar-refractivity contribution in [2.45, 2.75) is 32.1 Å². The molecule has 0 spiro atoms. The van der Waals surface area contributed by atoms with E-state index in [0.717, 1.165) is 18.4 Å². The average molecular weight is 197 g/mol. The number of hydrogen-bond donors (Lipinski definition) is 2. The van der Waals surface area contributed by atoms with Gasteiger partial charge in [0.2, 0.25) is 0 Å². The molecule has 0 unspecified atom stereocenters. The van der Waals surface area contributed by atoms with Crippen molar-refractivity contribution < 1.29 is 5.11 Å². The van der Waals surface area contributed by atoms with Crippen LogP contribution in [0, 0.1) is 11.8 Å². The molecule has 0 aromatic rings. The van der Waals surface area contributed by atoms with Gasteiger partial charge in [0.15, 0.2) is 0 Å². The van der Waals surface area contributed by atoms with Crippen LogP contribution in [0.4, 0.5) is 0 Å². The maximum atomic E-state index is 8.67. The molecular formula is C12H23NO. The van der Waals surface area contributed by atoms with E-state index in [-0.39, 0.29) is 6.61 Å². The summed E-state index contributed by atoms with van der Waals surface area (Å²) in [6.45, 7) is 1.35. The number of aliphatic hydroxyl groups is 1. The lowest BCUT2D eigenvalue weighted by atomic mass is 9.80. The van der Waals surface area contributed by atoms with E-state index in [9.17, 15) is 0 Å². The summed E-state index contributed by atoms with van der Waals surface area (Å²) < 4.78 is 0. The Labute approximate surface area is 87.4 Å². The van der Waals surface area contributed by atoms with Crippen molar-refractivity contribution in [2.75, 3.05) is 20.2 Å². The highest BCUT2D eigenvalue weighted by Crippen LogP contribution is 2.31. The van der Waals surface area contributed by atoms with Crippen molar-refractivity contribution in [3.05, 3.63) is 12.2 Å². The van der Waals surface area contributed by atoms with Crippen LogP contribution in [0.15, 0.2) is 12.2 Å². The molecule has 0 aromatic carbocycles. The summed E-state index contributed by atoms with van der Waals surface area (Å²) in [7, 11) is 2.02. The second-order valence-corrected chi connectivity index (χ2v) is 4.28. The van der Waals surface area contributed by atoms with Gasteiger partial charge in [-0.1, -0.05) is 12.2 Å². The summed E-state index contributed by atoms with van der Waals surface area (Å²) in [6.07, 6.45) is 10.7. The van der Waals surface area contributed by atoms with Crippen molar-refractivity contribution in [2.24, 2.45) is 11.8 Å². The predicted molar refractivity (Wildman–Crippen MR) is 60.2 cm³/mol. The Morgan fingerprint density at radius 3 is 2.57 bits per heavy atom. The molecule has 0 aromatic heterocycles. The maximum absolute atomic E-state index is 8.67. The summed E-state index contributed by atoms with van der Waals surface area (Å²) in [5, 5.41) is 11.9. The SMILES string of the molecule is CNCCC1CCC(C=CCO)CC1. The fourth-order valence-electron chi connectivity index (χ4n) is 2.27. The van der Waals surface area contributed by atoms with Gasteiger partial charge in [0, 0.05) is 0 Å². The summed E-state index contributed by atoms with van der Waals surface area (Å²) in [5.41, 5.74) is 0. The lowest BCUT2D eigenvalue weighted by Gasteiger charge is -2.26. The van der Waals surface area contributed by atoms with Crippen LogP contribution in [-0.2, 0) is 0 Å². The summed E-state index contributed by atoms with van der Waals surface area (Å²) in [5.74, 6) is 1.66. The zero-order valence-electron chi connectivity index (χ0n) is 9.21. The molecule has 2 heteroatoms. The van der Waals surface area contributed by atoms with E-state index >= 15 is 0 Å². The third-order valence-corrected chi connectivity index (χ3v) is 3.21. The van der Waals surface area contributed by atoms with Gasteiger partial charge in [-0.3, -0.25) is 0 Å². The summed E-state index contributed by atoms with van der Waals surface area (Å²) in [4.78, 5) is 0. The Morgan fingerprint density at radius 2 is 2.00 bits per heavy atom. The normalized spacial score (nSPS) is 28.4. The number of hydrogen-bond acceptors (Lipinski definition) is 2. The van der Waals surface area contributed by atoms with Crippen LogP contribution >= 0.6 is 0 Å². The fourth-order valence-corrected chi connectivity index (χ4v) is 2.27. The van der Waals surface area contributed by atoms with Gasteiger partial charge in [0.1, 0.15) is 0 Å². The Balaban J connectivity index is 2.14. The lowest BCUT2D eigenvalue weighted by Crippen LogP contribution is -2.18. The first-order valence-electron chi connectivity index (χ1n) is 5.79. The molecule has 1 fully saturated rings. The van der Waals surface area contributed by atoms with E-state index in [0.29, 0.717) is 0 Å². The van der Waals surface area contributed by atoms with E-state index in [1.165, 1.54) is 32.1 Å². The second-order valence-electron chi connectivity index (χ2n) is 4.28. The molecule has 1 rings (SSSR count). The number of rotatable bonds is 5. The molecule has 0 saturated heterocycles. The van der Waals surface area contributed by atoms with Gasteiger partial charge in [-0.05, 0) is 57.5 Å². The van der Waals surface area contributed by atoms with Gasteiger partial charge in [0.05, 0.1) is 6.61 Å². The number of aliphatic hydroxyl groups excluding tert-OH is 1. The molecule has 2 nitrogen and oxygen atoms in total. The van der Waals surface area contributed by atoms with Gasteiger partial charge < -0.3 is 10.4 Å². The smallest absolute Gasteiger partial charge is 0.0612 e. The van der Waals surface area contributed by atoms with Gasteiger partial charge in [0.25, 0.3) is 0 Å². The first-order valence-corrected chi connectivity index (χ1v) is 5.79. The van der Waals surface area contributed by atoms with Crippen molar-refractivity contribution in [1.82, 2.24) is 5.32 Å². The van der Waals surface area contributed by atoms with Gasteiger partial charge >= 0.3 is 0 Å². The minimum Gasteiger partial charge on any atom is -0.392 e. The molecular weight excluding hydrogens is 174 g/mol. The number of nitrogens with one attached hydrogen (secondary N) is 1. The quantitative estimate of drug-likeness (QED) is 0.660. The molecule has 0 radical (unpaired) electrons. The van der Waals surface area contributed by atoms with E-state index in [2.05, 4.69) is 11.4 Å². The molecule has 0 amide bonds. The topological polar surface area (TPSA) is 32.3 Å². The Bertz CT molecular complexity index is 160. The highest BCUT2D eigenvalue weighted by Gasteiger charge is 2.18. The zero-order chi connectivity index (χ0) is 10.2. The molecule has 14 heavy (non-hydrogen) atoms. The van der Waals surface area contributed by atoms with Crippen LogP contribution < -0.4 is 5.32 Å². The standard InChI is InChI=1S/C12H23NO/c1-13-9-8-12-6-4-11(5-7-12)3-2-10-14/h2-3,11-14H,4-10H2,1H3. The highest BCUT2D eigenvalue weighted by molar-refractivity contribution is 4.90. The Kier molecular flexibility index (Phi) is 5.88. The molecule has 0 bridgehead atoms. The Hall–Kier alpha value is -0.340. The third-order valence-electron chi connectivity index (χ3n) is 3.21. The highest BCUT2D eigenvalue weighted by atomic mass is 16.2. The van der Waals surface area contributed by atoms with E-state index in [1.54, 1.807) is 0 Å². The average Bonchev–Trinajstić information content (AvgIpc) is 2.25. The van der Waals surface area contributed by atoms with Gasteiger partial charge in [-0.2, -0.15) is 0 Å². The third kappa shape index (κ3) is 4.25. The molecule has 0 atom stereocenters. The second kappa shape index (κ2) is 7.02. The largest absolute Gasteiger partial charge is 0.392 e. The van der Waals surface area contributed by atoms with E-state index in [1.807, 2.05) is 13.1 Å². The lowest BCUT2D eigenvalue weighted by molar-refractivity contribution is 0.292. The van der Waals surface area contributed by atoms with E-state index < -0.39 is 0 Å². The van der Waals surface area contributed by atoms with Crippen LogP contribution in [0.5, 0.6) is 0 Å². The van der Waals surface area contributed by atoms with Crippen molar-refractivity contribution >= 4 is 0 Å². The van der Waals surface area contributed by atoms with Crippen molar-refractivity contribution in [3.63, 3.8) is 0 Å². The van der Waals surface area contributed by atoms with Crippen LogP contribution in [0.1, 0.15) is 32.1 Å². The van der Waals surface area contributed by atoms with Gasteiger partial charge in [-0.25, -0.2) is 0 Å². The van der Waals surface area contributed by atoms with Crippen LogP contribution in [0.25, 0.3) is 0 Å². The minimum atomic E-state index is 0.194. The van der Waals surface area contributed by atoms with Crippen LogP contribution in [-0.4, -0.2) is 25.3 Å². The van der Waals surface area contributed by atoms with Gasteiger partial charge in [-0.15, -0.1) is 0 Å². The Morgan fingerprint density at radius 1 is 1.29 bits per heavy atom. The molecule has 82 valence electrons. The minimum absolute atomic E-state index is 0.194. The molecule has 0 aliphatic heterocycles. The molecule has 1 aliphatic carbocycles. The van der Waals surface area contributed by atoms with Crippen molar-refractivity contribution in [3.8, 4) is 0 Å². The van der Waals surface area contributed by atoms with Crippen LogP contribution in [0.3, 0.4) is 0 Å². The monoisotopic (exact) mass is 197 g/mol. The fraction of sp³-hybridized carbons (Fsp3) is 0.833. The summed E-state index contributed by atoms with van der Waals surface area (Å²) >= 11 is 0.